The van der Waals surface area contributed by atoms with Crippen LogP contribution in [0.5, 0.6) is 0 Å². The summed E-state index contributed by atoms with van der Waals surface area (Å²) in [6, 6.07) is 5.95. The third-order valence-corrected chi connectivity index (χ3v) is 3.82. The van der Waals surface area contributed by atoms with Crippen LogP contribution in [0.1, 0.15) is 38.4 Å². The van der Waals surface area contributed by atoms with Gasteiger partial charge in [-0.3, -0.25) is 0 Å². The number of nitrogens with zero attached hydrogens (tertiary/aromatic N) is 2. The van der Waals surface area contributed by atoms with Gasteiger partial charge in [0.25, 0.3) is 0 Å². The maximum Gasteiger partial charge on any atom is 0.0836 e. The van der Waals surface area contributed by atoms with Crippen molar-refractivity contribution < 1.29 is 0 Å². The molecule has 1 heterocycles. The smallest absolute Gasteiger partial charge is 0.0836 e. The summed E-state index contributed by atoms with van der Waals surface area (Å²) in [5.74, 6) is 0. The van der Waals surface area contributed by atoms with E-state index in [9.17, 15) is 0 Å². The van der Waals surface area contributed by atoms with Crippen LogP contribution in [0.3, 0.4) is 0 Å². The molecule has 1 aromatic heterocycles. The number of halogens is 2. The van der Waals surface area contributed by atoms with Crippen LogP contribution in [0.15, 0.2) is 24.4 Å². The monoisotopic (exact) mass is 325 g/mol. The Morgan fingerprint density at radius 2 is 2.05 bits per heavy atom. The Morgan fingerprint density at radius 3 is 2.67 bits per heavy atom. The predicted molar refractivity (Wildman–Crippen MR) is 89.6 cm³/mol. The molecule has 0 aliphatic carbocycles. The summed E-state index contributed by atoms with van der Waals surface area (Å²) >= 11 is 12.3. The summed E-state index contributed by atoms with van der Waals surface area (Å²) in [6.07, 6.45) is 3.95. The lowest BCUT2D eigenvalue weighted by Gasteiger charge is -2.12. The average molecular weight is 326 g/mol. The molecule has 114 valence electrons. The van der Waals surface area contributed by atoms with E-state index in [1.807, 2.05) is 23.0 Å². The first-order valence-electron chi connectivity index (χ1n) is 7.27. The molecule has 0 saturated carbocycles. The Morgan fingerprint density at radius 1 is 1.29 bits per heavy atom. The molecule has 0 spiro atoms. The second kappa shape index (κ2) is 7.30. The van der Waals surface area contributed by atoms with Crippen LogP contribution >= 0.6 is 23.2 Å². The molecule has 0 bridgehead atoms. The fourth-order valence-electron chi connectivity index (χ4n) is 2.23. The molecule has 0 aliphatic heterocycles. The molecule has 0 radical (unpaired) electrons. The van der Waals surface area contributed by atoms with Gasteiger partial charge in [-0.25, -0.2) is 4.68 Å². The molecule has 0 saturated heterocycles. The van der Waals surface area contributed by atoms with Gasteiger partial charge < -0.3 is 5.32 Å². The largest absolute Gasteiger partial charge is 0.310 e. The number of nitrogens with one attached hydrogen (secondary N) is 1. The van der Waals surface area contributed by atoms with Crippen LogP contribution in [-0.2, 0) is 13.0 Å². The minimum absolute atomic E-state index is 0.446. The molecule has 1 N–H and O–H groups in total. The van der Waals surface area contributed by atoms with Gasteiger partial charge in [-0.05, 0) is 24.6 Å². The fraction of sp³-hybridized carbons (Fsp3) is 0.438. The second-order valence-corrected chi connectivity index (χ2v) is 6.25. The van der Waals surface area contributed by atoms with Crippen molar-refractivity contribution in [1.82, 2.24) is 15.1 Å². The van der Waals surface area contributed by atoms with Crippen LogP contribution in [0, 0.1) is 0 Å². The molecule has 1 aromatic carbocycles. The minimum atomic E-state index is 0.446. The van der Waals surface area contributed by atoms with E-state index >= 15 is 0 Å². The van der Waals surface area contributed by atoms with Gasteiger partial charge in [0.2, 0.25) is 0 Å². The van der Waals surface area contributed by atoms with Gasteiger partial charge in [0.05, 0.1) is 16.9 Å². The van der Waals surface area contributed by atoms with Gasteiger partial charge in [0.1, 0.15) is 0 Å². The molecular formula is C16H21Cl2N3. The van der Waals surface area contributed by atoms with Crippen molar-refractivity contribution in [1.29, 1.82) is 0 Å². The Hall–Kier alpha value is -1.03. The van der Waals surface area contributed by atoms with Gasteiger partial charge in [0, 0.05) is 28.9 Å². The second-order valence-electron chi connectivity index (χ2n) is 5.41. The van der Waals surface area contributed by atoms with Crippen molar-refractivity contribution in [2.45, 2.75) is 46.2 Å². The Balaban J connectivity index is 2.38. The molecule has 0 amide bonds. The highest BCUT2D eigenvalue weighted by atomic mass is 35.5. The zero-order valence-electron chi connectivity index (χ0n) is 12.7. The lowest BCUT2D eigenvalue weighted by Crippen LogP contribution is -2.22. The van der Waals surface area contributed by atoms with Crippen molar-refractivity contribution >= 4 is 23.2 Å². The predicted octanol–water partition coefficient (Wildman–Crippen LogP) is 4.63. The topological polar surface area (TPSA) is 29.9 Å². The zero-order valence-corrected chi connectivity index (χ0v) is 14.2. The number of hydrogen-bond donors (Lipinski definition) is 1. The van der Waals surface area contributed by atoms with Gasteiger partial charge in [-0.2, -0.15) is 5.10 Å². The van der Waals surface area contributed by atoms with Gasteiger partial charge in [0.15, 0.2) is 0 Å². The molecule has 5 heteroatoms. The minimum Gasteiger partial charge on any atom is -0.310 e. The molecular weight excluding hydrogens is 305 g/mol. The molecule has 2 aromatic rings. The fourth-order valence-corrected chi connectivity index (χ4v) is 2.72. The number of hydrogen-bond acceptors (Lipinski definition) is 2. The van der Waals surface area contributed by atoms with E-state index in [0.29, 0.717) is 16.1 Å². The first-order valence-corrected chi connectivity index (χ1v) is 8.03. The standard InChI is InChI=1S/C16H21Cl2N3/c1-4-5-15-12(9-19-11(2)3)10-20-21(15)16-7-6-13(17)8-14(16)18/h6-8,10-11,19H,4-5,9H2,1-3H3. The number of aromatic nitrogens is 2. The highest BCUT2D eigenvalue weighted by molar-refractivity contribution is 6.35. The lowest BCUT2D eigenvalue weighted by molar-refractivity contribution is 0.585. The normalized spacial score (nSPS) is 11.3. The summed E-state index contributed by atoms with van der Waals surface area (Å²) < 4.78 is 1.93. The van der Waals surface area contributed by atoms with E-state index < -0.39 is 0 Å². The highest BCUT2D eigenvalue weighted by Gasteiger charge is 2.14. The van der Waals surface area contributed by atoms with E-state index in [1.54, 1.807) is 6.07 Å². The Kier molecular flexibility index (Phi) is 5.68. The summed E-state index contributed by atoms with van der Waals surface area (Å²) in [6.45, 7) is 7.26. The average Bonchev–Trinajstić information content (AvgIpc) is 2.80. The Labute approximate surface area is 136 Å². The Bertz CT molecular complexity index is 606. The number of benzene rings is 1. The van der Waals surface area contributed by atoms with Crippen molar-refractivity contribution in [3.05, 3.63) is 45.7 Å². The van der Waals surface area contributed by atoms with Crippen molar-refractivity contribution in [2.24, 2.45) is 0 Å². The highest BCUT2D eigenvalue weighted by Crippen LogP contribution is 2.26. The lowest BCUT2D eigenvalue weighted by atomic mass is 10.1. The molecule has 0 fully saturated rings. The first-order chi connectivity index (χ1) is 10.0. The molecule has 21 heavy (non-hydrogen) atoms. The van der Waals surface area contributed by atoms with Gasteiger partial charge in [-0.15, -0.1) is 0 Å². The molecule has 0 aliphatic rings. The third-order valence-electron chi connectivity index (χ3n) is 3.28. The van der Waals surface area contributed by atoms with Gasteiger partial charge >= 0.3 is 0 Å². The zero-order chi connectivity index (χ0) is 15.4. The van der Waals surface area contributed by atoms with Crippen molar-refractivity contribution in [3.8, 4) is 5.69 Å². The van der Waals surface area contributed by atoms with Crippen LogP contribution in [-0.4, -0.2) is 15.8 Å². The van der Waals surface area contributed by atoms with Crippen LogP contribution in [0.2, 0.25) is 10.0 Å². The molecule has 2 rings (SSSR count). The quantitative estimate of drug-likeness (QED) is 0.839. The van der Waals surface area contributed by atoms with E-state index in [4.69, 9.17) is 23.2 Å². The molecule has 3 nitrogen and oxygen atoms in total. The SMILES string of the molecule is CCCc1c(CNC(C)C)cnn1-c1ccc(Cl)cc1Cl. The maximum absolute atomic E-state index is 6.31. The van der Waals surface area contributed by atoms with E-state index in [2.05, 4.69) is 31.2 Å². The molecule has 0 atom stereocenters. The summed E-state index contributed by atoms with van der Waals surface area (Å²) in [4.78, 5) is 0. The third kappa shape index (κ3) is 4.00. The summed E-state index contributed by atoms with van der Waals surface area (Å²) in [7, 11) is 0. The first kappa shape index (κ1) is 16.3. The number of rotatable bonds is 6. The van der Waals surface area contributed by atoms with Crippen LogP contribution < -0.4 is 5.32 Å². The van der Waals surface area contributed by atoms with Crippen LogP contribution in [0.25, 0.3) is 5.69 Å². The van der Waals surface area contributed by atoms with Crippen LogP contribution in [0.4, 0.5) is 0 Å². The van der Waals surface area contributed by atoms with E-state index in [1.165, 1.54) is 11.3 Å². The molecule has 0 unspecified atom stereocenters. The van der Waals surface area contributed by atoms with Crippen molar-refractivity contribution in [2.75, 3.05) is 0 Å². The summed E-state index contributed by atoms with van der Waals surface area (Å²) in [5, 5.41) is 9.22. The summed E-state index contributed by atoms with van der Waals surface area (Å²) in [5.41, 5.74) is 3.30. The van der Waals surface area contributed by atoms with E-state index in [-0.39, 0.29) is 0 Å². The van der Waals surface area contributed by atoms with Gasteiger partial charge in [-0.1, -0.05) is 50.4 Å². The van der Waals surface area contributed by atoms with E-state index in [0.717, 1.165) is 25.1 Å². The van der Waals surface area contributed by atoms with Crippen molar-refractivity contribution in [3.63, 3.8) is 0 Å². The maximum atomic E-state index is 6.31.